The fraction of sp³-hybridized carbons (Fsp3) is 0.500. The van der Waals surface area contributed by atoms with Crippen LogP contribution in [0.4, 0.5) is 0 Å². The van der Waals surface area contributed by atoms with Crippen LogP contribution in [0, 0.1) is 25.2 Å². The van der Waals surface area contributed by atoms with Gasteiger partial charge in [0.05, 0.1) is 17.9 Å². The molecule has 10 heteroatoms. The van der Waals surface area contributed by atoms with Crippen LogP contribution in [0.15, 0.2) is 17.3 Å². The standard InChI is InChI=1S/C16H20N6O3S/c1-4-22-12(3)15(11(2)20-22)26(23,24)21-8-5-13(10-21)25-16-14(9-17)18-6-7-19-16/h6-7,13H,4-5,8,10H2,1-3H3. The summed E-state index contributed by atoms with van der Waals surface area (Å²) < 4.78 is 34.9. The lowest BCUT2D eigenvalue weighted by Gasteiger charge is -2.17. The molecular weight excluding hydrogens is 356 g/mol. The van der Waals surface area contributed by atoms with Gasteiger partial charge in [-0.05, 0) is 27.2 Å². The number of nitrogens with zero attached hydrogens (tertiary/aromatic N) is 6. The first-order valence-corrected chi connectivity index (χ1v) is 9.74. The van der Waals surface area contributed by atoms with Gasteiger partial charge in [-0.2, -0.15) is 14.7 Å². The molecule has 0 N–H and O–H groups in total. The molecule has 0 spiro atoms. The van der Waals surface area contributed by atoms with Crippen molar-refractivity contribution in [1.82, 2.24) is 24.1 Å². The van der Waals surface area contributed by atoms with Gasteiger partial charge in [-0.1, -0.05) is 0 Å². The molecule has 1 saturated heterocycles. The first kappa shape index (κ1) is 18.3. The highest BCUT2D eigenvalue weighted by atomic mass is 32.2. The molecule has 0 aromatic carbocycles. The molecular formula is C16H20N6O3S. The number of hydrogen-bond donors (Lipinski definition) is 0. The van der Waals surface area contributed by atoms with Crippen LogP contribution in [0.1, 0.15) is 30.4 Å². The maximum Gasteiger partial charge on any atom is 0.251 e. The van der Waals surface area contributed by atoms with Gasteiger partial charge in [0.2, 0.25) is 15.7 Å². The molecule has 9 nitrogen and oxygen atoms in total. The Morgan fingerprint density at radius 1 is 1.35 bits per heavy atom. The number of nitriles is 1. The Labute approximate surface area is 152 Å². The van der Waals surface area contributed by atoms with Crippen LogP contribution < -0.4 is 4.74 Å². The molecule has 2 aromatic heterocycles. The minimum atomic E-state index is -3.66. The van der Waals surface area contributed by atoms with Crippen molar-refractivity contribution in [3.05, 3.63) is 29.5 Å². The first-order chi connectivity index (χ1) is 12.4. The van der Waals surface area contributed by atoms with Crippen LogP contribution in [0.3, 0.4) is 0 Å². The van der Waals surface area contributed by atoms with Gasteiger partial charge in [0, 0.05) is 25.5 Å². The van der Waals surface area contributed by atoms with Crippen LogP contribution in [-0.4, -0.2) is 51.7 Å². The smallest absolute Gasteiger partial charge is 0.251 e. The van der Waals surface area contributed by atoms with E-state index in [1.54, 1.807) is 18.5 Å². The largest absolute Gasteiger partial charge is 0.471 e. The summed E-state index contributed by atoms with van der Waals surface area (Å²) in [5, 5.41) is 13.4. The minimum absolute atomic E-state index is 0.0877. The van der Waals surface area contributed by atoms with Gasteiger partial charge in [-0.15, -0.1) is 0 Å². The molecule has 1 atom stereocenters. The van der Waals surface area contributed by atoms with Crippen molar-refractivity contribution in [2.75, 3.05) is 13.1 Å². The second kappa shape index (κ2) is 7.01. The van der Waals surface area contributed by atoms with Crippen molar-refractivity contribution in [3.63, 3.8) is 0 Å². The fourth-order valence-corrected chi connectivity index (χ4v) is 5.01. The third-order valence-corrected chi connectivity index (χ3v) is 6.49. The van der Waals surface area contributed by atoms with E-state index in [1.807, 2.05) is 13.0 Å². The van der Waals surface area contributed by atoms with Gasteiger partial charge < -0.3 is 4.74 Å². The van der Waals surface area contributed by atoms with E-state index in [2.05, 4.69) is 15.1 Å². The molecule has 0 saturated carbocycles. The maximum absolute atomic E-state index is 13.1. The Morgan fingerprint density at radius 2 is 2.08 bits per heavy atom. The number of aryl methyl sites for hydroxylation is 2. The van der Waals surface area contributed by atoms with E-state index >= 15 is 0 Å². The highest BCUT2D eigenvalue weighted by Crippen LogP contribution is 2.28. The predicted molar refractivity (Wildman–Crippen MR) is 91.9 cm³/mol. The summed E-state index contributed by atoms with van der Waals surface area (Å²) in [6, 6.07) is 1.92. The van der Waals surface area contributed by atoms with Crippen molar-refractivity contribution in [2.45, 2.75) is 44.7 Å². The second-order valence-electron chi connectivity index (χ2n) is 6.03. The molecule has 1 fully saturated rings. The molecule has 1 aliphatic rings. The third-order valence-electron chi connectivity index (χ3n) is 4.37. The SMILES string of the molecule is CCn1nc(C)c(S(=O)(=O)N2CCC(Oc3nccnc3C#N)C2)c1C. The van der Waals surface area contributed by atoms with E-state index in [4.69, 9.17) is 10.00 Å². The van der Waals surface area contributed by atoms with E-state index in [1.165, 1.54) is 16.7 Å². The molecule has 0 amide bonds. The molecule has 0 aliphatic carbocycles. The van der Waals surface area contributed by atoms with E-state index in [0.29, 0.717) is 30.9 Å². The zero-order valence-electron chi connectivity index (χ0n) is 14.9. The fourth-order valence-electron chi connectivity index (χ4n) is 3.15. The Bertz CT molecular complexity index is 963. The molecule has 1 aliphatic heterocycles. The topological polar surface area (TPSA) is 114 Å². The molecule has 2 aromatic rings. The van der Waals surface area contributed by atoms with Gasteiger partial charge in [0.15, 0.2) is 0 Å². The summed E-state index contributed by atoms with van der Waals surface area (Å²) in [5.41, 5.74) is 1.22. The van der Waals surface area contributed by atoms with Gasteiger partial charge in [-0.3, -0.25) is 4.68 Å². The van der Waals surface area contributed by atoms with E-state index < -0.39 is 10.0 Å². The summed E-state index contributed by atoms with van der Waals surface area (Å²) >= 11 is 0. The second-order valence-corrected chi connectivity index (χ2v) is 7.90. The highest BCUT2D eigenvalue weighted by Gasteiger charge is 2.37. The molecule has 1 unspecified atom stereocenters. The Kier molecular flexibility index (Phi) is 4.93. The van der Waals surface area contributed by atoms with Gasteiger partial charge in [-0.25, -0.2) is 18.4 Å². The van der Waals surface area contributed by atoms with Crippen LogP contribution >= 0.6 is 0 Å². The van der Waals surface area contributed by atoms with Crippen molar-refractivity contribution < 1.29 is 13.2 Å². The van der Waals surface area contributed by atoms with E-state index in [9.17, 15) is 8.42 Å². The number of rotatable bonds is 5. The van der Waals surface area contributed by atoms with Gasteiger partial charge >= 0.3 is 0 Å². The lowest BCUT2D eigenvalue weighted by atomic mass is 10.3. The summed E-state index contributed by atoms with van der Waals surface area (Å²) in [4.78, 5) is 8.17. The monoisotopic (exact) mass is 376 g/mol. The summed E-state index contributed by atoms with van der Waals surface area (Å²) in [6.45, 7) is 6.53. The summed E-state index contributed by atoms with van der Waals surface area (Å²) in [6.07, 6.45) is 2.98. The number of aromatic nitrogens is 4. The highest BCUT2D eigenvalue weighted by molar-refractivity contribution is 7.89. The zero-order chi connectivity index (χ0) is 18.9. The Hall–Kier alpha value is -2.51. The van der Waals surface area contributed by atoms with Crippen LogP contribution in [0.5, 0.6) is 5.88 Å². The predicted octanol–water partition coefficient (Wildman–Crippen LogP) is 1.02. The molecule has 26 heavy (non-hydrogen) atoms. The van der Waals surface area contributed by atoms with Crippen molar-refractivity contribution in [3.8, 4) is 11.9 Å². The van der Waals surface area contributed by atoms with Crippen molar-refractivity contribution in [2.24, 2.45) is 0 Å². The minimum Gasteiger partial charge on any atom is -0.471 e. The van der Waals surface area contributed by atoms with Crippen LogP contribution in [-0.2, 0) is 16.6 Å². The normalized spacial score (nSPS) is 18.0. The lowest BCUT2D eigenvalue weighted by Crippen LogP contribution is -2.32. The van der Waals surface area contributed by atoms with E-state index in [-0.39, 0.29) is 29.1 Å². The third kappa shape index (κ3) is 3.15. The molecule has 3 rings (SSSR count). The molecule has 0 bridgehead atoms. The van der Waals surface area contributed by atoms with Crippen LogP contribution in [0.25, 0.3) is 0 Å². The van der Waals surface area contributed by atoms with Gasteiger partial charge in [0.25, 0.3) is 5.88 Å². The lowest BCUT2D eigenvalue weighted by molar-refractivity contribution is 0.205. The summed E-state index contributed by atoms with van der Waals surface area (Å²) in [5.74, 6) is 0.130. The average molecular weight is 376 g/mol. The molecule has 3 heterocycles. The van der Waals surface area contributed by atoms with Crippen molar-refractivity contribution in [1.29, 1.82) is 5.26 Å². The van der Waals surface area contributed by atoms with Gasteiger partial charge in [0.1, 0.15) is 17.1 Å². The maximum atomic E-state index is 13.1. The van der Waals surface area contributed by atoms with Crippen LogP contribution in [0.2, 0.25) is 0 Å². The molecule has 0 radical (unpaired) electrons. The zero-order valence-corrected chi connectivity index (χ0v) is 15.7. The Morgan fingerprint density at radius 3 is 2.73 bits per heavy atom. The summed E-state index contributed by atoms with van der Waals surface area (Å²) in [7, 11) is -3.66. The number of sulfonamides is 1. The average Bonchev–Trinajstić information content (AvgIpc) is 3.20. The quantitative estimate of drug-likeness (QED) is 0.765. The first-order valence-electron chi connectivity index (χ1n) is 8.30. The van der Waals surface area contributed by atoms with E-state index in [0.717, 1.165) is 0 Å². The molecule has 138 valence electrons. The van der Waals surface area contributed by atoms with Crippen molar-refractivity contribution >= 4 is 10.0 Å². The number of ether oxygens (including phenoxy) is 1. The number of hydrogen-bond acceptors (Lipinski definition) is 7. The Balaban J connectivity index is 1.80.